The lowest BCUT2D eigenvalue weighted by molar-refractivity contribution is -0.130. The third-order valence-electron chi connectivity index (χ3n) is 3.07. The maximum absolute atomic E-state index is 12.1. The molecular formula is C13H17NO. The molecule has 1 aliphatic rings. The van der Waals surface area contributed by atoms with Crippen LogP contribution in [0.2, 0.25) is 0 Å². The summed E-state index contributed by atoms with van der Waals surface area (Å²) < 4.78 is 0. The van der Waals surface area contributed by atoms with Crippen LogP contribution in [0.25, 0.3) is 0 Å². The van der Waals surface area contributed by atoms with Crippen molar-refractivity contribution >= 4 is 5.91 Å². The zero-order chi connectivity index (χ0) is 10.8. The number of hydrogen-bond acceptors (Lipinski definition) is 1. The fourth-order valence-electron chi connectivity index (χ4n) is 2.21. The number of hydrogen-bond donors (Lipinski definition) is 0. The van der Waals surface area contributed by atoms with Crippen LogP contribution in [0.5, 0.6) is 0 Å². The molecule has 0 bridgehead atoms. The quantitative estimate of drug-likeness (QED) is 0.722. The molecule has 2 heteroatoms. The van der Waals surface area contributed by atoms with Crippen molar-refractivity contribution in [2.24, 2.45) is 0 Å². The summed E-state index contributed by atoms with van der Waals surface area (Å²) in [6, 6.07) is 10.4. The monoisotopic (exact) mass is 203 g/mol. The van der Waals surface area contributed by atoms with Crippen molar-refractivity contribution in [1.82, 2.24) is 4.90 Å². The first kappa shape index (κ1) is 10.2. The Balaban J connectivity index is 2.18. The van der Waals surface area contributed by atoms with E-state index in [1.165, 1.54) is 0 Å². The van der Waals surface area contributed by atoms with Gasteiger partial charge in [-0.05, 0) is 25.8 Å². The summed E-state index contributed by atoms with van der Waals surface area (Å²) in [6.07, 6.45) is 0.959. The first-order chi connectivity index (χ1) is 7.20. The van der Waals surface area contributed by atoms with Crippen LogP contribution in [0.3, 0.4) is 0 Å². The highest BCUT2D eigenvalue weighted by Crippen LogP contribution is 2.29. The maximum Gasteiger partial charge on any atom is 0.230 e. The maximum atomic E-state index is 12.1. The molecule has 0 aliphatic carbocycles. The lowest BCUT2D eigenvalue weighted by Gasteiger charge is -2.21. The van der Waals surface area contributed by atoms with E-state index in [2.05, 4.69) is 13.8 Å². The van der Waals surface area contributed by atoms with Crippen LogP contribution < -0.4 is 0 Å². The van der Waals surface area contributed by atoms with Crippen LogP contribution in [0.15, 0.2) is 30.3 Å². The van der Waals surface area contributed by atoms with Crippen molar-refractivity contribution in [3.05, 3.63) is 35.9 Å². The Bertz CT molecular complexity index is 345. The molecule has 2 nitrogen and oxygen atoms in total. The highest BCUT2D eigenvalue weighted by atomic mass is 16.2. The molecule has 1 amide bonds. The lowest BCUT2D eigenvalue weighted by Crippen LogP contribution is -2.33. The highest BCUT2D eigenvalue weighted by Gasteiger charge is 2.33. The van der Waals surface area contributed by atoms with E-state index in [0.29, 0.717) is 6.04 Å². The zero-order valence-corrected chi connectivity index (χ0v) is 9.31. The molecule has 0 spiro atoms. The number of amides is 1. The Morgan fingerprint density at radius 3 is 2.47 bits per heavy atom. The normalized spacial score (nSPS) is 21.4. The van der Waals surface area contributed by atoms with E-state index in [1.807, 2.05) is 35.2 Å². The van der Waals surface area contributed by atoms with Gasteiger partial charge in [-0.3, -0.25) is 4.79 Å². The van der Waals surface area contributed by atoms with Crippen LogP contribution in [0, 0.1) is 0 Å². The lowest BCUT2D eigenvalue weighted by atomic mass is 9.98. The summed E-state index contributed by atoms with van der Waals surface area (Å²) in [5.41, 5.74) is 1.16. The average molecular weight is 203 g/mol. The van der Waals surface area contributed by atoms with E-state index in [9.17, 15) is 4.79 Å². The standard InChI is InChI=1S/C13H17NO/c1-10(2)14-9-8-12(13(14)15)11-6-4-3-5-7-11/h3-7,10,12H,8-9H2,1-2H3. The molecule has 0 aromatic heterocycles. The van der Waals surface area contributed by atoms with Crippen molar-refractivity contribution < 1.29 is 4.79 Å². The minimum absolute atomic E-state index is 0.0913. The fraction of sp³-hybridized carbons (Fsp3) is 0.462. The molecule has 0 saturated carbocycles. The Morgan fingerprint density at radius 1 is 1.27 bits per heavy atom. The van der Waals surface area contributed by atoms with Crippen molar-refractivity contribution in [2.45, 2.75) is 32.2 Å². The molecule has 1 heterocycles. The largest absolute Gasteiger partial charge is 0.340 e. The second-order valence-corrected chi connectivity index (χ2v) is 4.38. The summed E-state index contributed by atoms with van der Waals surface area (Å²) >= 11 is 0. The van der Waals surface area contributed by atoms with Gasteiger partial charge in [0.25, 0.3) is 0 Å². The van der Waals surface area contributed by atoms with Gasteiger partial charge in [0.2, 0.25) is 5.91 Å². The van der Waals surface area contributed by atoms with Crippen LogP contribution in [0.4, 0.5) is 0 Å². The molecule has 2 rings (SSSR count). The molecule has 0 radical (unpaired) electrons. The van der Waals surface area contributed by atoms with Crippen LogP contribution in [-0.2, 0) is 4.79 Å². The highest BCUT2D eigenvalue weighted by molar-refractivity contribution is 5.86. The minimum atomic E-state index is 0.0913. The second-order valence-electron chi connectivity index (χ2n) is 4.38. The first-order valence-electron chi connectivity index (χ1n) is 5.55. The van der Waals surface area contributed by atoms with Crippen molar-refractivity contribution in [1.29, 1.82) is 0 Å². The summed E-state index contributed by atoms with van der Waals surface area (Å²) in [5, 5.41) is 0. The second kappa shape index (κ2) is 4.05. The Labute approximate surface area is 90.9 Å². The zero-order valence-electron chi connectivity index (χ0n) is 9.31. The number of carbonyl (C=O) groups excluding carboxylic acids is 1. The predicted octanol–water partition coefficient (Wildman–Crippen LogP) is 2.41. The fourth-order valence-corrected chi connectivity index (χ4v) is 2.21. The van der Waals surface area contributed by atoms with Gasteiger partial charge in [0.15, 0.2) is 0 Å². The first-order valence-corrected chi connectivity index (χ1v) is 5.55. The van der Waals surface area contributed by atoms with E-state index in [4.69, 9.17) is 0 Å². The SMILES string of the molecule is CC(C)N1CCC(c2ccccc2)C1=O. The number of nitrogens with zero attached hydrogens (tertiary/aromatic N) is 1. The van der Waals surface area contributed by atoms with Crippen molar-refractivity contribution in [2.75, 3.05) is 6.54 Å². The van der Waals surface area contributed by atoms with Crippen molar-refractivity contribution in [3.8, 4) is 0 Å². The van der Waals surface area contributed by atoms with Gasteiger partial charge in [0.1, 0.15) is 0 Å². The molecule has 1 aromatic carbocycles. The van der Waals surface area contributed by atoms with E-state index in [0.717, 1.165) is 18.5 Å². The van der Waals surface area contributed by atoms with E-state index in [1.54, 1.807) is 0 Å². The molecule has 1 saturated heterocycles. The van der Waals surface area contributed by atoms with Gasteiger partial charge in [0, 0.05) is 12.6 Å². The minimum Gasteiger partial charge on any atom is -0.340 e. The van der Waals surface area contributed by atoms with Crippen molar-refractivity contribution in [3.63, 3.8) is 0 Å². The number of carbonyl (C=O) groups is 1. The van der Waals surface area contributed by atoms with E-state index < -0.39 is 0 Å². The molecule has 15 heavy (non-hydrogen) atoms. The van der Waals surface area contributed by atoms with Gasteiger partial charge < -0.3 is 4.90 Å². The number of rotatable bonds is 2. The molecule has 80 valence electrons. The van der Waals surface area contributed by atoms with Gasteiger partial charge >= 0.3 is 0 Å². The Morgan fingerprint density at radius 2 is 1.93 bits per heavy atom. The molecule has 0 N–H and O–H groups in total. The molecule has 1 aliphatic heterocycles. The van der Waals surface area contributed by atoms with Gasteiger partial charge in [-0.1, -0.05) is 30.3 Å². The predicted molar refractivity (Wildman–Crippen MR) is 60.6 cm³/mol. The Hall–Kier alpha value is -1.31. The van der Waals surface area contributed by atoms with Crippen LogP contribution in [-0.4, -0.2) is 23.4 Å². The molecular weight excluding hydrogens is 186 g/mol. The van der Waals surface area contributed by atoms with Gasteiger partial charge in [0.05, 0.1) is 5.92 Å². The third kappa shape index (κ3) is 1.89. The summed E-state index contributed by atoms with van der Waals surface area (Å²) in [6.45, 7) is 5.05. The average Bonchev–Trinajstić information content (AvgIpc) is 2.61. The number of benzene rings is 1. The van der Waals surface area contributed by atoms with Gasteiger partial charge in [-0.2, -0.15) is 0 Å². The molecule has 1 fully saturated rings. The summed E-state index contributed by atoms with van der Waals surface area (Å²) in [5.74, 6) is 0.379. The Kier molecular flexibility index (Phi) is 2.76. The van der Waals surface area contributed by atoms with E-state index in [-0.39, 0.29) is 11.8 Å². The molecule has 1 atom stereocenters. The third-order valence-corrected chi connectivity index (χ3v) is 3.07. The van der Waals surface area contributed by atoms with Crippen LogP contribution >= 0.6 is 0 Å². The van der Waals surface area contributed by atoms with Crippen LogP contribution in [0.1, 0.15) is 31.7 Å². The van der Waals surface area contributed by atoms with Gasteiger partial charge in [-0.15, -0.1) is 0 Å². The van der Waals surface area contributed by atoms with E-state index >= 15 is 0 Å². The summed E-state index contributed by atoms with van der Waals surface area (Å²) in [7, 11) is 0. The number of likely N-dealkylation sites (tertiary alicyclic amines) is 1. The smallest absolute Gasteiger partial charge is 0.230 e. The topological polar surface area (TPSA) is 20.3 Å². The van der Waals surface area contributed by atoms with Gasteiger partial charge in [-0.25, -0.2) is 0 Å². The summed E-state index contributed by atoms with van der Waals surface area (Å²) in [4.78, 5) is 14.0. The molecule has 1 unspecified atom stereocenters. The molecule has 1 aromatic rings.